The Hall–Kier alpha value is -3.17. The van der Waals surface area contributed by atoms with E-state index < -0.39 is 6.17 Å². The Kier molecular flexibility index (Phi) is 6.03. The van der Waals surface area contributed by atoms with E-state index in [-0.39, 0.29) is 23.0 Å². The number of phenols is 1. The van der Waals surface area contributed by atoms with Crippen LogP contribution in [0.5, 0.6) is 5.75 Å². The molecule has 1 saturated carbocycles. The molecule has 0 saturated heterocycles. The fourth-order valence-electron chi connectivity index (χ4n) is 4.61. The number of aryl methyl sites for hydroxylation is 1. The molecule has 32 heavy (non-hydrogen) atoms. The third kappa shape index (κ3) is 4.39. The summed E-state index contributed by atoms with van der Waals surface area (Å²) in [6, 6.07) is 4.74. The van der Waals surface area contributed by atoms with Crippen molar-refractivity contribution in [2.45, 2.75) is 58.2 Å². The molecule has 1 fully saturated rings. The van der Waals surface area contributed by atoms with Gasteiger partial charge < -0.3 is 10.0 Å². The lowest BCUT2D eigenvalue weighted by atomic mass is 9.70. The summed E-state index contributed by atoms with van der Waals surface area (Å²) in [4.78, 5) is 7.58. The van der Waals surface area contributed by atoms with Crippen molar-refractivity contribution in [3.05, 3.63) is 24.4 Å². The summed E-state index contributed by atoms with van der Waals surface area (Å²) >= 11 is 0. The zero-order valence-corrected chi connectivity index (χ0v) is 18.9. The molecule has 2 heterocycles. The number of alkyl halides is 1. The first-order valence-electron chi connectivity index (χ1n) is 10.9. The molecule has 1 aromatic carbocycles. The van der Waals surface area contributed by atoms with E-state index in [1.165, 1.54) is 4.80 Å². The highest BCUT2D eigenvalue weighted by atomic mass is 19.1. The van der Waals surface area contributed by atoms with Crippen LogP contribution in [-0.4, -0.2) is 59.8 Å². The van der Waals surface area contributed by atoms with Crippen molar-refractivity contribution in [1.29, 1.82) is 0 Å². The highest BCUT2D eigenvalue weighted by Crippen LogP contribution is 2.43. The predicted molar refractivity (Wildman–Crippen MR) is 119 cm³/mol. The number of phenolic OH excluding ortho intramolecular Hbond substituents is 1. The number of anilines is 1. The first kappa shape index (κ1) is 22.0. The number of hydrogen-bond acceptors (Lipinski definition) is 8. The number of aromatic nitrogens is 7. The molecule has 0 radical (unpaired) electrons. The Morgan fingerprint density at radius 3 is 2.69 bits per heavy atom. The topological polar surface area (TPSA) is 106 Å². The second-order valence-corrected chi connectivity index (χ2v) is 8.97. The summed E-state index contributed by atoms with van der Waals surface area (Å²) in [5.74, 6) is 1.20. The molecule has 2 aromatic heterocycles. The Labute approximate surface area is 186 Å². The van der Waals surface area contributed by atoms with E-state index >= 15 is 0 Å². The summed E-state index contributed by atoms with van der Waals surface area (Å²) in [5.41, 5.74) is 1.21. The minimum absolute atomic E-state index is 0.00991. The predicted octanol–water partition coefficient (Wildman–Crippen LogP) is 3.57. The lowest BCUT2D eigenvalue weighted by molar-refractivity contribution is 0.102. The molecule has 1 aliphatic carbocycles. The van der Waals surface area contributed by atoms with E-state index in [1.807, 2.05) is 11.9 Å². The van der Waals surface area contributed by atoms with E-state index in [4.69, 9.17) is 0 Å². The SMILES string of the molecule is CCC[C@]1(C)CC[C@H](F)[C@H](N(C)c2cnc(-c3ccc(-c4nnn(C)n4)cc3O)nn2)C1. The molecule has 0 unspecified atom stereocenters. The maximum Gasteiger partial charge on any atom is 0.205 e. The minimum atomic E-state index is -0.905. The molecule has 0 aliphatic heterocycles. The van der Waals surface area contributed by atoms with Crippen LogP contribution in [0.25, 0.3) is 22.8 Å². The van der Waals surface area contributed by atoms with Gasteiger partial charge in [-0.2, -0.15) is 4.80 Å². The van der Waals surface area contributed by atoms with Crippen molar-refractivity contribution in [3.8, 4) is 28.5 Å². The summed E-state index contributed by atoms with van der Waals surface area (Å²) in [7, 11) is 3.52. The molecule has 10 heteroatoms. The van der Waals surface area contributed by atoms with E-state index in [9.17, 15) is 9.50 Å². The smallest absolute Gasteiger partial charge is 0.205 e. The van der Waals surface area contributed by atoms with Crippen LogP contribution in [0.2, 0.25) is 0 Å². The van der Waals surface area contributed by atoms with Crippen LogP contribution in [0.3, 0.4) is 0 Å². The summed E-state index contributed by atoms with van der Waals surface area (Å²) in [5, 5.41) is 30.8. The van der Waals surface area contributed by atoms with Gasteiger partial charge in [-0.15, -0.1) is 20.4 Å². The second-order valence-electron chi connectivity index (χ2n) is 8.97. The average molecular weight is 441 g/mol. The zero-order chi connectivity index (χ0) is 22.9. The normalized spacial score (nSPS) is 23.3. The van der Waals surface area contributed by atoms with Crippen molar-refractivity contribution in [1.82, 2.24) is 35.4 Å². The molecular weight excluding hydrogens is 411 g/mol. The second kappa shape index (κ2) is 8.76. The highest BCUT2D eigenvalue weighted by Gasteiger charge is 2.39. The van der Waals surface area contributed by atoms with E-state index in [1.54, 1.807) is 31.4 Å². The molecule has 3 atom stereocenters. The quantitative estimate of drug-likeness (QED) is 0.620. The average Bonchev–Trinajstić information content (AvgIpc) is 3.22. The third-order valence-corrected chi connectivity index (χ3v) is 6.41. The lowest BCUT2D eigenvalue weighted by Crippen LogP contribution is -2.47. The largest absolute Gasteiger partial charge is 0.507 e. The molecule has 0 amide bonds. The fraction of sp³-hybridized carbons (Fsp3) is 0.545. The Morgan fingerprint density at radius 2 is 2.06 bits per heavy atom. The van der Waals surface area contributed by atoms with Gasteiger partial charge in [-0.3, -0.25) is 0 Å². The van der Waals surface area contributed by atoms with Crippen molar-refractivity contribution in [3.63, 3.8) is 0 Å². The Morgan fingerprint density at radius 1 is 1.25 bits per heavy atom. The van der Waals surface area contributed by atoms with Gasteiger partial charge >= 0.3 is 0 Å². The van der Waals surface area contributed by atoms with Crippen LogP contribution < -0.4 is 4.90 Å². The van der Waals surface area contributed by atoms with Gasteiger partial charge in [0, 0.05) is 12.6 Å². The van der Waals surface area contributed by atoms with Gasteiger partial charge in [0.15, 0.2) is 11.6 Å². The minimum Gasteiger partial charge on any atom is -0.507 e. The summed E-state index contributed by atoms with van der Waals surface area (Å²) in [6.45, 7) is 4.42. The van der Waals surface area contributed by atoms with Crippen molar-refractivity contribution in [2.75, 3.05) is 11.9 Å². The van der Waals surface area contributed by atoms with Crippen LogP contribution in [-0.2, 0) is 7.05 Å². The molecule has 4 rings (SSSR count). The first-order chi connectivity index (χ1) is 15.3. The number of tetrazole rings is 1. The van der Waals surface area contributed by atoms with Crippen molar-refractivity contribution in [2.24, 2.45) is 12.5 Å². The van der Waals surface area contributed by atoms with Gasteiger partial charge in [-0.05, 0) is 48.4 Å². The molecule has 9 nitrogen and oxygen atoms in total. The molecule has 1 N–H and O–H groups in total. The van der Waals surface area contributed by atoms with Gasteiger partial charge in [0.25, 0.3) is 0 Å². The first-order valence-corrected chi connectivity index (χ1v) is 10.9. The van der Waals surface area contributed by atoms with Gasteiger partial charge in [-0.25, -0.2) is 9.37 Å². The monoisotopic (exact) mass is 440 g/mol. The standard InChI is InChI=1S/C22H29FN8O/c1-5-9-22(2)10-8-16(23)17(12-22)30(3)19-13-24-21(26-25-19)15-7-6-14(11-18(15)32)20-27-29-31(4)28-20/h6-7,11,13,16-17,32H,5,8-10,12H2,1-4H3/t16-,17+,22+/m0/s1. The maximum atomic E-state index is 14.8. The number of rotatable bonds is 6. The van der Waals surface area contributed by atoms with Crippen LogP contribution >= 0.6 is 0 Å². The summed E-state index contributed by atoms with van der Waals surface area (Å²) in [6.07, 6.45) is 5.11. The highest BCUT2D eigenvalue weighted by molar-refractivity contribution is 5.69. The van der Waals surface area contributed by atoms with E-state index in [2.05, 4.69) is 44.4 Å². The zero-order valence-electron chi connectivity index (χ0n) is 18.9. The summed E-state index contributed by atoms with van der Waals surface area (Å²) < 4.78 is 14.8. The van der Waals surface area contributed by atoms with E-state index in [0.29, 0.717) is 29.2 Å². The fourth-order valence-corrected chi connectivity index (χ4v) is 4.61. The Bertz CT molecular complexity index is 1070. The van der Waals surface area contributed by atoms with Gasteiger partial charge in [0.1, 0.15) is 11.9 Å². The van der Waals surface area contributed by atoms with E-state index in [0.717, 1.165) is 25.7 Å². The maximum absolute atomic E-state index is 14.8. The molecule has 0 spiro atoms. The molecule has 170 valence electrons. The van der Waals surface area contributed by atoms with Crippen LogP contribution in [0.15, 0.2) is 24.4 Å². The van der Waals surface area contributed by atoms with Crippen molar-refractivity contribution >= 4 is 5.82 Å². The lowest BCUT2D eigenvalue weighted by Gasteiger charge is -2.43. The van der Waals surface area contributed by atoms with Gasteiger partial charge in [-0.1, -0.05) is 26.3 Å². The molecule has 3 aromatic rings. The molecule has 0 bridgehead atoms. The third-order valence-electron chi connectivity index (χ3n) is 6.41. The number of halogens is 1. The van der Waals surface area contributed by atoms with Crippen LogP contribution in [0.4, 0.5) is 10.2 Å². The molecule has 1 aliphatic rings. The van der Waals surface area contributed by atoms with Gasteiger partial charge in [0.05, 0.1) is 24.8 Å². The number of nitrogens with zero attached hydrogens (tertiary/aromatic N) is 8. The van der Waals surface area contributed by atoms with Crippen LogP contribution in [0, 0.1) is 5.41 Å². The molecular formula is C22H29FN8O. The number of hydrogen-bond donors (Lipinski definition) is 1. The number of aromatic hydroxyl groups is 1. The van der Waals surface area contributed by atoms with Crippen LogP contribution in [0.1, 0.15) is 46.0 Å². The Balaban J connectivity index is 1.52. The number of benzene rings is 1. The van der Waals surface area contributed by atoms with Crippen molar-refractivity contribution < 1.29 is 9.50 Å². The van der Waals surface area contributed by atoms with Gasteiger partial charge in [0.2, 0.25) is 5.82 Å².